The summed E-state index contributed by atoms with van der Waals surface area (Å²) in [6.45, 7) is 2.45. The Morgan fingerprint density at radius 2 is 1.51 bits per heavy atom. The predicted molar refractivity (Wildman–Crippen MR) is 157 cm³/mol. The largest absolute Gasteiger partial charge is 0.352 e. The number of imide groups is 1. The van der Waals surface area contributed by atoms with Gasteiger partial charge in [0, 0.05) is 32.0 Å². The van der Waals surface area contributed by atoms with E-state index >= 15 is 0 Å². The van der Waals surface area contributed by atoms with Crippen molar-refractivity contribution in [1.29, 1.82) is 0 Å². The van der Waals surface area contributed by atoms with Crippen LogP contribution in [0, 0.1) is 6.92 Å². The van der Waals surface area contributed by atoms with Gasteiger partial charge in [0.15, 0.2) is 0 Å². The molecule has 1 aliphatic carbocycles. The predicted octanol–water partition coefficient (Wildman–Crippen LogP) is 5.07. The van der Waals surface area contributed by atoms with Gasteiger partial charge < -0.3 is 10.2 Å². The maximum atomic E-state index is 13.9. The first-order valence-electron chi connectivity index (χ1n) is 14.6. The molecule has 41 heavy (non-hydrogen) atoms. The van der Waals surface area contributed by atoms with Gasteiger partial charge in [-0.15, -0.1) is 0 Å². The zero-order valence-electron chi connectivity index (χ0n) is 23.6. The Morgan fingerprint density at radius 3 is 2.17 bits per heavy atom. The minimum atomic E-state index is -0.690. The van der Waals surface area contributed by atoms with Crippen LogP contribution >= 0.6 is 0 Å². The second-order valence-electron chi connectivity index (χ2n) is 11.1. The van der Waals surface area contributed by atoms with Crippen LogP contribution in [0.1, 0.15) is 75.9 Å². The van der Waals surface area contributed by atoms with E-state index < -0.39 is 6.04 Å². The zero-order valence-corrected chi connectivity index (χ0v) is 23.6. The molecular formula is C34H37N3O4. The summed E-state index contributed by atoms with van der Waals surface area (Å²) >= 11 is 0. The maximum absolute atomic E-state index is 13.9. The Labute approximate surface area is 241 Å². The number of aryl methyl sites for hydroxylation is 1. The minimum Gasteiger partial charge on any atom is -0.352 e. The Morgan fingerprint density at radius 1 is 0.878 bits per heavy atom. The van der Waals surface area contributed by atoms with E-state index in [2.05, 4.69) is 5.32 Å². The maximum Gasteiger partial charge on any atom is 0.261 e. The number of carbonyl (C=O) groups is 4. The summed E-state index contributed by atoms with van der Waals surface area (Å²) in [7, 11) is 0. The topological polar surface area (TPSA) is 86.8 Å². The monoisotopic (exact) mass is 551 g/mol. The number of carbonyl (C=O) groups excluding carboxylic acids is 4. The number of rotatable bonds is 11. The van der Waals surface area contributed by atoms with E-state index in [1.807, 2.05) is 61.5 Å². The highest BCUT2D eigenvalue weighted by Gasteiger charge is 2.36. The third kappa shape index (κ3) is 6.73. The summed E-state index contributed by atoms with van der Waals surface area (Å²) < 4.78 is 0. The number of amides is 4. The van der Waals surface area contributed by atoms with Crippen LogP contribution in [0.4, 0.5) is 0 Å². The minimum absolute atomic E-state index is 0.112. The van der Waals surface area contributed by atoms with Crippen molar-refractivity contribution < 1.29 is 19.2 Å². The average Bonchev–Trinajstić information content (AvgIpc) is 3.57. The highest BCUT2D eigenvalue weighted by molar-refractivity contribution is 6.21. The molecule has 1 aliphatic heterocycles. The highest BCUT2D eigenvalue weighted by atomic mass is 16.2. The molecule has 3 aromatic carbocycles. The SMILES string of the molecule is Cc1cccc(CN(C(=O)CCCN2C(=O)c3ccccc3C2=O)C(Cc2ccccc2)C(=O)NC2CCCC2)c1. The van der Waals surface area contributed by atoms with Crippen molar-refractivity contribution >= 4 is 23.6 Å². The molecule has 1 fully saturated rings. The van der Waals surface area contributed by atoms with Gasteiger partial charge in [-0.05, 0) is 49.4 Å². The molecule has 7 heteroatoms. The second kappa shape index (κ2) is 12.9. The Hall–Kier alpha value is -4.26. The second-order valence-corrected chi connectivity index (χ2v) is 11.1. The van der Waals surface area contributed by atoms with Crippen LogP contribution in [0.15, 0.2) is 78.9 Å². The standard InChI is InChI=1S/C34H37N3O4/c1-24-11-9-14-26(21-24)23-37(30(22-25-12-3-2-4-13-25)32(39)35-27-15-5-6-16-27)31(38)19-10-20-36-33(40)28-17-7-8-18-29(28)34(36)41/h2-4,7-9,11-14,17-18,21,27,30H,5-6,10,15-16,19-20,22-23H2,1H3,(H,35,39). The normalized spacial score (nSPS) is 15.6. The Kier molecular flexibility index (Phi) is 8.92. The first-order chi connectivity index (χ1) is 19.9. The van der Waals surface area contributed by atoms with Gasteiger partial charge in [0.25, 0.3) is 11.8 Å². The lowest BCUT2D eigenvalue weighted by molar-refractivity contribution is -0.141. The van der Waals surface area contributed by atoms with E-state index in [-0.39, 0.29) is 42.6 Å². The molecule has 0 radical (unpaired) electrons. The molecule has 2 aliphatic rings. The fourth-order valence-corrected chi connectivity index (χ4v) is 5.90. The van der Waals surface area contributed by atoms with Crippen molar-refractivity contribution in [3.63, 3.8) is 0 Å². The summed E-state index contributed by atoms with van der Waals surface area (Å²) in [6.07, 6.45) is 4.93. The van der Waals surface area contributed by atoms with E-state index in [1.165, 1.54) is 4.90 Å². The van der Waals surface area contributed by atoms with Gasteiger partial charge in [-0.1, -0.05) is 85.1 Å². The quantitative estimate of drug-likeness (QED) is 0.337. The van der Waals surface area contributed by atoms with Gasteiger partial charge in [-0.2, -0.15) is 0 Å². The number of nitrogens with one attached hydrogen (secondary N) is 1. The van der Waals surface area contributed by atoms with E-state index in [9.17, 15) is 19.2 Å². The van der Waals surface area contributed by atoms with Gasteiger partial charge in [-0.3, -0.25) is 24.1 Å². The van der Waals surface area contributed by atoms with Gasteiger partial charge in [0.05, 0.1) is 11.1 Å². The lowest BCUT2D eigenvalue weighted by Gasteiger charge is -2.32. The molecule has 7 nitrogen and oxygen atoms in total. The number of fused-ring (bicyclic) bond motifs is 1. The van der Waals surface area contributed by atoms with Crippen molar-refractivity contribution in [2.75, 3.05) is 6.54 Å². The third-order valence-corrected chi connectivity index (χ3v) is 8.06. The van der Waals surface area contributed by atoms with Gasteiger partial charge in [-0.25, -0.2) is 0 Å². The summed E-state index contributed by atoms with van der Waals surface area (Å²) in [6, 6.07) is 24.0. The summed E-state index contributed by atoms with van der Waals surface area (Å²) in [5.41, 5.74) is 3.81. The van der Waals surface area contributed by atoms with Crippen LogP contribution in [0.5, 0.6) is 0 Å². The molecule has 1 N–H and O–H groups in total. The Bertz CT molecular complexity index is 1380. The van der Waals surface area contributed by atoms with Crippen LogP contribution in [0.2, 0.25) is 0 Å². The van der Waals surface area contributed by atoms with E-state index in [0.717, 1.165) is 42.4 Å². The first-order valence-corrected chi connectivity index (χ1v) is 14.6. The van der Waals surface area contributed by atoms with Crippen molar-refractivity contribution in [2.24, 2.45) is 0 Å². The smallest absolute Gasteiger partial charge is 0.261 e. The summed E-state index contributed by atoms with van der Waals surface area (Å²) in [5, 5.41) is 3.22. The number of hydrogen-bond donors (Lipinski definition) is 1. The fourth-order valence-electron chi connectivity index (χ4n) is 5.90. The Balaban J connectivity index is 1.35. The van der Waals surface area contributed by atoms with Crippen LogP contribution in [-0.4, -0.2) is 52.1 Å². The van der Waals surface area contributed by atoms with Crippen LogP contribution in [-0.2, 0) is 22.6 Å². The zero-order chi connectivity index (χ0) is 28.8. The van der Waals surface area contributed by atoms with E-state index in [4.69, 9.17) is 0 Å². The molecule has 1 heterocycles. The van der Waals surface area contributed by atoms with Crippen molar-refractivity contribution in [3.05, 3.63) is 107 Å². The fraction of sp³-hybridized carbons (Fsp3) is 0.353. The average molecular weight is 552 g/mol. The molecule has 0 bridgehead atoms. The van der Waals surface area contributed by atoms with Crippen LogP contribution in [0.3, 0.4) is 0 Å². The van der Waals surface area contributed by atoms with Gasteiger partial charge in [0.2, 0.25) is 11.8 Å². The lowest BCUT2D eigenvalue weighted by atomic mass is 10.0. The van der Waals surface area contributed by atoms with Crippen molar-refractivity contribution in [2.45, 2.75) is 70.5 Å². The molecule has 1 atom stereocenters. The van der Waals surface area contributed by atoms with Crippen LogP contribution in [0.25, 0.3) is 0 Å². The number of benzene rings is 3. The highest BCUT2D eigenvalue weighted by Crippen LogP contribution is 2.24. The molecule has 212 valence electrons. The van der Waals surface area contributed by atoms with E-state index in [0.29, 0.717) is 30.5 Å². The number of hydrogen-bond acceptors (Lipinski definition) is 4. The van der Waals surface area contributed by atoms with Crippen LogP contribution < -0.4 is 5.32 Å². The van der Waals surface area contributed by atoms with Crippen molar-refractivity contribution in [1.82, 2.24) is 15.1 Å². The summed E-state index contributed by atoms with van der Waals surface area (Å²) in [4.78, 5) is 56.2. The van der Waals surface area contributed by atoms with E-state index in [1.54, 1.807) is 29.2 Å². The molecule has 0 saturated heterocycles. The molecule has 1 saturated carbocycles. The molecule has 0 aromatic heterocycles. The number of nitrogens with zero attached hydrogens (tertiary/aromatic N) is 2. The molecule has 0 spiro atoms. The molecule has 3 aromatic rings. The molecular weight excluding hydrogens is 514 g/mol. The first kappa shape index (κ1) is 28.3. The molecule has 4 amide bonds. The molecule has 5 rings (SSSR count). The molecule has 1 unspecified atom stereocenters. The lowest BCUT2D eigenvalue weighted by Crippen LogP contribution is -2.52. The third-order valence-electron chi connectivity index (χ3n) is 8.06. The summed E-state index contributed by atoms with van der Waals surface area (Å²) in [5.74, 6) is -0.965. The van der Waals surface area contributed by atoms with Gasteiger partial charge in [0.1, 0.15) is 6.04 Å². The van der Waals surface area contributed by atoms with Gasteiger partial charge >= 0.3 is 0 Å². The van der Waals surface area contributed by atoms with Crippen molar-refractivity contribution in [3.8, 4) is 0 Å².